The molecule has 0 saturated carbocycles. The minimum Gasteiger partial charge on any atom is -0.479 e. The largest absolute Gasteiger partial charge is 0.479 e. The lowest BCUT2D eigenvalue weighted by Gasteiger charge is -2.21. The fourth-order valence-corrected chi connectivity index (χ4v) is 2.77. The molecule has 3 rings (SSSR count). The fraction of sp³-hybridized carbons (Fsp3) is 0.105. The Morgan fingerprint density at radius 1 is 1.30 bits per heavy atom. The topological polar surface area (TPSA) is 87.7 Å². The highest BCUT2D eigenvalue weighted by Crippen LogP contribution is 2.38. The number of carbonyl (C=O) groups excluding carboxylic acids is 3. The van der Waals surface area contributed by atoms with Gasteiger partial charge in [-0.25, -0.2) is 0 Å². The van der Waals surface area contributed by atoms with E-state index in [0.29, 0.717) is 33.4 Å². The number of fused-ring (bicyclic) bond motifs is 1. The maximum absolute atomic E-state index is 12.6. The number of anilines is 3. The van der Waals surface area contributed by atoms with Gasteiger partial charge in [0.1, 0.15) is 0 Å². The Kier molecular flexibility index (Phi) is 5.14. The van der Waals surface area contributed by atoms with Crippen molar-refractivity contribution in [1.82, 2.24) is 0 Å². The van der Waals surface area contributed by atoms with Crippen molar-refractivity contribution in [2.75, 3.05) is 29.2 Å². The zero-order chi connectivity index (χ0) is 19.6. The predicted molar refractivity (Wildman–Crippen MR) is 104 cm³/mol. The number of hydrogen-bond donors (Lipinski definition) is 2. The van der Waals surface area contributed by atoms with E-state index in [-0.39, 0.29) is 24.3 Å². The number of rotatable bonds is 4. The summed E-state index contributed by atoms with van der Waals surface area (Å²) in [6, 6.07) is 9.58. The second-order valence-corrected chi connectivity index (χ2v) is 6.21. The van der Waals surface area contributed by atoms with Gasteiger partial charge in [-0.05, 0) is 42.5 Å². The molecule has 2 N–H and O–H groups in total. The summed E-state index contributed by atoms with van der Waals surface area (Å²) in [5.74, 6) is -0.586. The SMILES string of the molecule is C=CC(=O)N(C)c1ccc(C(=O)Nc2cc(Cl)cc3c2OCC(=O)N3)cc1. The van der Waals surface area contributed by atoms with E-state index in [1.165, 1.54) is 11.0 Å². The van der Waals surface area contributed by atoms with Gasteiger partial charge >= 0.3 is 0 Å². The van der Waals surface area contributed by atoms with Gasteiger partial charge in [-0.2, -0.15) is 0 Å². The number of carbonyl (C=O) groups is 3. The van der Waals surface area contributed by atoms with Crippen LogP contribution in [0.2, 0.25) is 5.02 Å². The van der Waals surface area contributed by atoms with Crippen LogP contribution in [0.3, 0.4) is 0 Å². The van der Waals surface area contributed by atoms with Crippen molar-refractivity contribution in [3.63, 3.8) is 0 Å². The third-order valence-electron chi connectivity index (χ3n) is 3.95. The van der Waals surface area contributed by atoms with Gasteiger partial charge in [0.15, 0.2) is 12.4 Å². The normalized spacial score (nSPS) is 12.3. The molecule has 27 heavy (non-hydrogen) atoms. The number of nitrogens with one attached hydrogen (secondary N) is 2. The third kappa shape index (κ3) is 3.93. The fourth-order valence-electron chi connectivity index (χ4n) is 2.55. The molecule has 0 atom stereocenters. The number of halogens is 1. The minimum atomic E-state index is -0.385. The first-order valence-electron chi connectivity index (χ1n) is 7.97. The molecule has 138 valence electrons. The van der Waals surface area contributed by atoms with Gasteiger partial charge in [-0.3, -0.25) is 14.4 Å². The average molecular weight is 386 g/mol. The zero-order valence-electron chi connectivity index (χ0n) is 14.4. The van der Waals surface area contributed by atoms with Crippen LogP contribution in [0.25, 0.3) is 0 Å². The number of ether oxygens (including phenoxy) is 1. The minimum absolute atomic E-state index is 0.143. The molecule has 8 heteroatoms. The van der Waals surface area contributed by atoms with Crippen LogP contribution in [-0.2, 0) is 9.59 Å². The first-order valence-corrected chi connectivity index (χ1v) is 8.34. The van der Waals surface area contributed by atoms with Crippen LogP contribution in [0.15, 0.2) is 49.1 Å². The highest BCUT2D eigenvalue weighted by atomic mass is 35.5. The quantitative estimate of drug-likeness (QED) is 0.792. The lowest BCUT2D eigenvalue weighted by Crippen LogP contribution is -2.26. The summed E-state index contributed by atoms with van der Waals surface area (Å²) in [4.78, 5) is 37.1. The molecule has 1 aliphatic heterocycles. The molecule has 3 amide bonds. The predicted octanol–water partition coefficient (Wildman–Crippen LogP) is 3.07. The van der Waals surface area contributed by atoms with Gasteiger partial charge in [0, 0.05) is 23.3 Å². The summed E-state index contributed by atoms with van der Waals surface area (Å²) >= 11 is 6.05. The summed E-state index contributed by atoms with van der Waals surface area (Å²) in [6.07, 6.45) is 1.21. The summed E-state index contributed by atoms with van der Waals surface area (Å²) < 4.78 is 5.41. The van der Waals surface area contributed by atoms with E-state index in [9.17, 15) is 14.4 Å². The average Bonchev–Trinajstić information content (AvgIpc) is 2.66. The third-order valence-corrected chi connectivity index (χ3v) is 4.16. The highest BCUT2D eigenvalue weighted by Gasteiger charge is 2.21. The summed E-state index contributed by atoms with van der Waals surface area (Å²) in [5, 5.41) is 5.72. The first kappa shape index (κ1) is 18.5. The Hall–Kier alpha value is -3.32. The zero-order valence-corrected chi connectivity index (χ0v) is 15.2. The van der Waals surface area contributed by atoms with Gasteiger partial charge in [0.25, 0.3) is 11.8 Å². The molecular weight excluding hydrogens is 370 g/mol. The molecule has 7 nitrogen and oxygen atoms in total. The molecule has 0 spiro atoms. The van der Waals surface area contributed by atoms with Gasteiger partial charge in [0.05, 0.1) is 11.4 Å². The highest BCUT2D eigenvalue weighted by molar-refractivity contribution is 6.31. The lowest BCUT2D eigenvalue weighted by atomic mass is 10.1. The van der Waals surface area contributed by atoms with Crippen molar-refractivity contribution in [3.8, 4) is 5.75 Å². The van der Waals surface area contributed by atoms with Crippen LogP contribution in [0.1, 0.15) is 10.4 Å². The van der Waals surface area contributed by atoms with E-state index in [4.69, 9.17) is 16.3 Å². The van der Waals surface area contributed by atoms with E-state index < -0.39 is 0 Å². The van der Waals surface area contributed by atoms with Gasteiger partial charge in [0.2, 0.25) is 5.91 Å². The van der Waals surface area contributed by atoms with Crippen LogP contribution in [0.5, 0.6) is 5.75 Å². The number of nitrogens with zero attached hydrogens (tertiary/aromatic N) is 1. The first-order chi connectivity index (χ1) is 12.9. The van der Waals surface area contributed by atoms with Crippen molar-refractivity contribution < 1.29 is 19.1 Å². The molecular formula is C19H16ClN3O4. The Morgan fingerprint density at radius 3 is 2.67 bits per heavy atom. The van der Waals surface area contributed by atoms with Gasteiger partial charge in [-0.1, -0.05) is 18.2 Å². The molecule has 0 unspecified atom stereocenters. The second kappa shape index (κ2) is 7.51. The van der Waals surface area contributed by atoms with Crippen molar-refractivity contribution >= 4 is 46.4 Å². The Balaban J connectivity index is 1.81. The Morgan fingerprint density at radius 2 is 2.00 bits per heavy atom. The molecule has 0 saturated heterocycles. The number of likely N-dealkylation sites (N-methyl/N-ethyl adjacent to an activating group) is 1. The Labute approximate surface area is 160 Å². The summed E-state index contributed by atoms with van der Waals surface area (Å²) in [7, 11) is 1.61. The van der Waals surface area contributed by atoms with Crippen molar-refractivity contribution in [3.05, 3.63) is 59.6 Å². The van der Waals surface area contributed by atoms with Gasteiger partial charge in [-0.15, -0.1) is 0 Å². The van der Waals surface area contributed by atoms with Gasteiger partial charge < -0.3 is 20.3 Å². The molecule has 0 aliphatic carbocycles. The van der Waals surface area contributed by atoms with Crippen LogP contribution < -0.4 is 20.3 Å². The molecule has 2 aromatic rings. The smallest absolute Gasteiger partial charge is 0.262 e. The van der Waals surface area contributed by atoms with Crippen molar-refractivity contribution in [2.24, 2.45) is 0 Å². The maximum atomic E-state index is 12.6. The monoisotopic (exact) mass is 385 g/mol. The molecule has 0 bridgehead atoms. The van der Waals surface area contributed by atoms with E-state index in [1.54, 1.807) is 43.4 Å². The van der Waals surface area contributed by atoms with Crippen LogP contribution >= 0.6 is 11.6 Å². The number of benzene rings is 2. The van der Waals surface area contributed by atoms with Crippen LogP contribution in [-0.4, -0.2) is 31.4 Å². The van der Waals surface area contributed by atoms with Crippen molar-refractivity contribution in [2.45, 2.75) is 0 Å². The van der Waals surface area contributed by atoms with Crippen LogP contribution in [0, 0.1) is 0 Å². The lowest BCUT2D eigenvalue weighted by molar-refractivity contribution is -0.118. The van der Waals surface area contributed by atoms with Crippen molar-refractivity contribution in [1.29, 1.82) is 0 Å². The summed E-state index contributed by atoms with van der Waals surface area (Å²) in [5.41, 5.74) is 1.76. The molecule has 2 aromatic carbocycles. The van der Waals surface area contributed by atoms with E-state index >= 15 is 0 Å². The van der Waals surface area contributed by atoms with E-state index in [2.05, 4.69) is 17.2 Å². The molecule has 1 heterocycles. The molecule has 0 aromatic heterocycles. The standard InChI is InChI=1S/C19H16ClN3O4/c1-3-17(25)23(2)13-6-4-11(5-7-13)19(26)22-15-9-12(20)8-14-18(15)27-10-16(24)21-14/h3-9H,1,10H2,2H3,(H,21,24)(H,22,26). The second-order valence-electron chi connectivity index (χ2n) is 5.77. The Bertz CT molecular complexity index is 941. The molecule has 1 aliphatic rings. The summed E-state index contributed by atoms with van der Waals surface area (Å²) in [6.45, 7) is 3.30. The molecule has 0 fully saturated rings. The maximum Gasteiger partial charge on any atom is 0.262 e. The number of hydrogen-bond acceptors (Lipinski definition) is 4. The number of amides is 3. The van der Waals surface area contributed by atoms with E-state index in [1.807, 2.05) is 0 Å². The van der Waals surface area contributed by atoms with E-state index in [0.717, 1.165) is 0 Å². The van der Waals surface area contributed by atoms with Crippen LogP contribution in [0.4, 0.5) is 17.1 Å². The molecule has 0 radical (unpaired) electrons.